The topological polar surface area (TPSA) is 36.9 Å². The van der Waals surface area contributed by atoms with Crippen molar-refractivity contribution in [3.8, 4) is 0 Å². The van der Waals surface area contributed by atoms with Crippen LogP contribution in [-0.4, -0.2) is 11.6 Å². The number of fused-ring (bicyclic) bond motifs is 2. The molecule has 0 spiro atoms. The molecular formula is C13H16O4. The largest absolute Gasteiger partial charge is 0.239 e. The Balaban J connectivity index is 1.84. The van der Waals surface area contributed by atoms with Crippen LogP contribution >= 0.6 is 0 Å². The van der Waals surface area contributed by atoms with Gasteiger partial charge in [-0.2, -0.15) is 19.6 Å². The van der Waals surface area contributed by atoms with Crippen LogP contribution in [0.3, 0.4) is 0 Å². The molecule has 0 atom stereocenters. The van der Waals surface area contributed by atoms with Crippen LogP contribution in [0.15, 0.2) is 24.3 Å². The molecule has 17 heavy (non-hydrogen) atoms. The van der Waals surface area contributed by atoms with Crippen molar-refractivity contribution in [2.24, 2.45) is 5.92 Å². The molecule has 4 nitrogen and oxygen atoms in total. The van der Waals surface area contributed by atoms with Gasteiger partial charge < -0.3 is 0 Å². The van der Waals surface area contributed by atoms with Crippen LogP contribution in [0.25, 0.3) is 0 Å². The lowest BCUT2D eigenvalue weighted by molar-refractivity contribution is -0.583. The number of rotatable bonds is 2. The van der Waals surface area contributed by atoms with Gasteiger partial charge in [0.25, 0.3) is 0 Å². The molecule has 1 aromatic carbocycles. The Hall–Kier alpha value is -0.940. The fraction of sp³-hybridized carbons (Fsp3) is 0.538. The Kier molecular flexibility index (Phi) is 2.32. The first-order chi connectivity index (χ1) is 8.02. The van der Waals surface area contributed by atoms with Crippen LogP contribution in [0.4, 0.5) is 0 Å². The molecule has 0 amide bonds. The minimum absolute atomic E-state index is 0.0257. The van der Waals surface area contributed by atoms with E-state index in [0.29, 0.717) is 0 Å². The molecule has 2 fully saturated rings. The van der Waals surface area contributed by atoms with Crippen LogP contribution in [0.2, 0.25) is 0 Å². The van der Waals surface area contributed by atoms with Crippen LogP contribution in [0, 0.1) is 12.8 Å². The summed E-state index contributed by atoms with van der Waals surface area (Å²) in [5, 5.41) is 0. The van der Waals surface area contributed by atoms with Gasteiger partial charge in [-0.3, -0.25) is 0 Å². The highest BCUT2D eigenvalue weighted by Gasteiger charge is 2.66. The van der Waals surface area contributed by atoms with Crippen molar-refractivity contribution in [3.05, 3.63) is 35.4 Å². The molecule has 4 heteroatoms. The second kappa shape index (κ2) is 3.53. The average molecular weight is 236 g/mol. The SMILES string of the molecule is Cc1ccc(CC2C3(C)OOC2(C)OO3)cc1. The first-order valence-corrected chi connectivity index (χ1v) is 5.81. The molecule has 0 aliphatic carbocycles. The van der Waals surface area contributed by atoms with Crippen LogP contribution < -0.4 is 0 Å². The van der Waals surface area contributed by atoms with Crippen LogP contribution in [0.1, 0.15) is 25.0 Å². The van der Waals surface area contributed by atoms with E-state index < -0.39 is 11.6 Å². The van der Waals surface area contributed by atoms with E-state index in [1.54, 1.807) is 0 Å². The Bertz CT molecular complexity index is 400. The van der Waals surface area contributed by atoms with E-state index in [1.165, 1.54) is 11.1 Å². The molecule has 92 valence electrons. The lowest BCUT2D eigenvalue weighted by Gasteiger charge is -2.20. The van der Waals surface area contributed by atoms with Gasteiger partial charge in [0.1, 0.15) is 0 Å². The lowest BCUT2D eigenvalue weighted by atomic mass is 9.87. The maximum Gasteiger partial charge on any atom is 0.239 e. The zero-order valence-corrected chi connectivity index (χ0v) is 10.2. The predicted molar refractivity (Wildman–Crippen MR) is 59.5 cm³/mol. The van der Waals surface area contributed by atoms with Gasteiger partial charge in [-0.1, -0.05) is 29.8 Å². The summed E-state index contributed by atoms with van der Waals surface area (Å²) in [6, 6.07) is 8.42. The summed E-state index contributed by atoms with van der Waals surface area (Å²) < 4.78 is 0. The Morgan fingerprint density at radius 2 is 1.41 bits per heavy atom. The second-order valence-electron chi connectivity index (χ2n) is 5.11. The molecule has 2 heterocycles. The standard InChI is InChI=1S/C13H16O4/c1-9-4-6-10(7-5-9)8-11-12(2)14-16-13(11,3)17-15-12/h4-7,11H,8H2,1-3H3. The highest BCUT2D eigenvalue weighted by molar-refractivity contribution is 5.22. The molecule has 0 N–H and O–H groups in total. The molecular weight excluding hydrogens is 220 g/mol. The van der Waals surface area contributed by atoms with Crippen molar-refractivity contribution in [1.29, 1.82) is 0 Å². The van der Waals surface area contributed by atoms with E-state index in [-0.39, 0.29) is 5.92 Å². The third-order valence-corrected chi connectivity index (χ3v) is 3.57. The van der Waals surface area contributed by atoms with E-state index in [0.717, 1.165) is 6.42 Å². The zero-order valence-electron chi connectivity index (χ0n) is 10.2. The van der Waals surface area contributed by atoms with Crippen molar-refractivity contribution in [2.75, 3.05) is 0 Å². The highest BCUT2D eigenvalue weighted by Crippen LogP contribution is 2.51. The van der Waals surface area contributed by atoms with E-state index >= 15 is 0 Å². The van der Waals surface area contributed by atoms with E-state index in [1.807, 2.05) is 13.8 Å². The maximum atomic E-state index is 5.20. The third kappa shape index (κ3) is 1.68. The number of hydrogen-bond acceptors (Lipinski definition) is 4. The maximum absolute atomic E-state index is 5.20. The summed E-state index contributed by atoms with van der Waals surface area (Å²) in [6.07, 6.45) is 0.799. The minimum atomic E-state index is -0.806. The molecule has 0 unspecified atom stereocenters. The quantitative estimate of drug-likeness (QED) is 0.739. The highest BCUT2D eigenvalue weighted by atomic mass is 17.4. The van der Waals surface area contributed by atoms with Crippen LogP contribution in [0.5, 0.6) is 0 Å². The van der Waals surface area contributed by atoms with Gasteiger partial charge in [0.2, 0.25) is 11.6 Å². The van der Waals surface area contributed by atoms with Crippen molar-refractivity contribution in [3.63, 3.8) is 0 Å². The molecule has 2 aliphatic rings. The monoisotopic (exact) mass is 236 g/mol. The summed E-state index contributed by atoms with van der Waals surface area (Å²) in [6.45, 7) is 5.75. The van der Waals surface area contributed by atoms with Gasteiger partial charge in [-0.15, -0.1) is 0 Å². The molecule has 1 aromatic rings. The molecule has 2 aliphatic heterocycles. The van der Waals surface area contributed by atoms with Gasteiger partial charge >= 0.3 is 0 Å². The van der Waals surface area contributed by atoms with Crippen molar-refractivity contribution in [2.45, 2.75) is 38.8 Å². The smallest absolute Gasteiger partial charge is 0.195 e. The van der Waals surface area contributed by atoms with Crippen molar-refractivity contribution >= 4 is 0 Å². The van der Waals surface area contributed by atoms with Gasteiger partial charge in [-0.25, -0.2) is 0 Å². The molecule has 2 bridgehead atoms. The first-order valence-electron chi connectivity index (χ1n) is 5.81. The van der Waals surface area contributed by atoms with E-state index in [4.69, 9.17) is 19.6 Å². The van der Waals surface area contributed by atoms with Gasteiger partial charge in [0.05, 0.1) is 5.92 Å². The molecule has 2 saturated heterocycles. The molecule has 3 rings (SSSR count). The fourth-order valence-corrected chi connectivity index (χ4v) is 2.40. The van der Waals surface area contributed by atoms with Crippen molar-refractivity contribution in [1.82, 2.24) is 0 Å². The third-order valence-electron chi connectivity index (χ3n) is 3.57. The fourth-order valence-electron chi connectivity index (χ4n) is 2.40. The number of aryl methyl sites for hydroxylation is 1. The Labute approximate surface area is 100 Å². The first kappa shape index (κ1) is 11.2. The molecule has 0 saturated carbocycles. The summed E-state index contributed by atoms with van der Waals surface area (Å²) >= 11 is 0. The molecule has 0 aromatic heterocycles. The summed E-state index contributed by atoms with van der Waals surface area (Å²) in [5.41, 5.74) is 2.47. The van der Waals surface area contributed by atoms with E-state index in [9.17, 15) is 0 Å². The Morgan fingerprint density at radius 3 is 1.88 bits per heavy atom. The lowest BCUT2D eigenvalue weighted by Crippen LogP contribution is -2.34. The summed E-state index contributed by atoms with van der Waals surface area (Å²) in [4.78, 5) is 20.8. The number of hydrogen-bond donors (Lipinski definition) is 0. The van der Waals surface area contributed by atoms with Gasteiger partial charge in [0, 0.05) is 0 Å². The zero-order chi connectivity index (χ0) is 12.1. The van der Waals surface area contributed by atoms with E-state index in [2.05, 4.69) is 31.2 Å². The number of benzene rings is 1. The summed E-state index contributed by atoms with van der Waals surface area (Å²) in [7, 11) is 0. The van der Waals surface area contributed by atoms with Gasteiger partial charge in [-0.05, 0) is 32.8 Å². The van der Waals surface area contributed by atoms with Crippen LogP contribution in [-0.2, 0) is 26.0 Å². The summed E-state index contributed by atoms with van der Waals surface area (Å²) in [5.74, 6) is -1.59. The average Bonchev–Trinajstić information content (AvgIpc) is 2.69. The predicted octanol–water partition coefficient (Wildman–Crippen LogP) is 2.51. The van der Waals surface area contributed by atoms with Gasteiger partial charge in [0.15, 0.2) is 0 Å². The minimum Gasteiger partial charge on any atom is -0.195 e. The Morgan fingerprint density at radius 1 is 0.941 bits per heavy atom. The normalized spacial score (nSPS) is 39.8. The van der Waals surface area contributed by atoms with Crippen molar-refractivity contribution < 1.29 is 19.6 Å². The molecule has 0 radical (unpaired) electrons. The second-order valence-corrected chi connectivity index (χ2v) is 5.11.